The van der Waals surface area contributed by atoms with Crippen LogP contribution >= 0.6 is 0 Å². The molecule has 0 amide bonds. The molecule has 0 unspecified atom stereocenters. The van der Waals surface area contributed by atoms with Gasteiger partial charge in [0.2, 0.25) is 5.95 Å². The Hall–Kier alpha value is -3.09. The van der Waals surface area contributed by atoms with Gasteiger partial charge in [-0.15, -0.1) is 0 Å². The number of likely N-dealkylation sites (N-methyl/N-ethyl adjacent to an activating group) is 1. The summed E-state index contributed by atoms with van der Waals surface area (Å²) in [5.41, 5.74) is 2.27. The highest BCUT2D eigenvalue weighted by Gasteiger charge is 2.38. The maximum absolute atomic E-state index is 14.8. The Morgan fingerprint density at radius 2 is 1.95 bits per heavy atom. The molecule has 228 valence electrons. The van der Waals surface area contributed by atoms with E-state index in [-0.39, 0.29) is 24.3 Å². The molecule has 2 N–H and O–H groups in total. The number of nitrogens with one attached hydrogen (secondary N) is 2. The van der Waals surface area contributed by atoms with E-state index in [1.165, 1.54) is 11.8 Å². The van der Waals surface area contributed by atoms with E-state index in [1.54, 1.807) is 12.3 Å². The minimum Gasteiger partial charge on any atom is -0.374 e. The standard InChI is InChI=1S/C30H42FN7O3S/c1-19(2)22-6-7-26(38-16-21(20(38)3)18-42(5,39)40)24-15-34-29(14-23(22)24)35-28-8-10-33-30(36-28)37-12-9-27(25(31)17-37)41-13-11-32-4/h6-8,10,14-15,19-21,25,27,32H,9,11-13,16-18H2,1-5H3,(H,33,34,35,36)/t20-,21-,25+,27-/m1/s1. The summed E-state index contributed by atoms with van der Waals surface area (Å²) >= 11 is 0. The van der Waals surface area contributed by atoms with Crippen molar-refractivity contribution in [3.05, 3.63) is 42.2 Å². The van der Waals surface area contributed by atoms with E-state index in [0.29, 0.717) is 56.2 Å². The van der Waals surface area contributed by atoms with Crippen molar-refractivity contribution in [1.29, 1.82) is 0 Å². The van der Waals surface area contributed by atoms with Gasteiger partial charge in [0.1, 0.15) is 27.6 Å². The third-order valence-electron chi connectivity index (χ3n) is 8.31. The van der Waals surface area contributed by atoms with Crippen LogP contribution in [0.1, 0.15) is 38.7 Å². The molecule has 42 heavy (non-hydrogen) atoms. The first-order chi connectivity index (χ1) is 20.0. The molecule has 3 aromatic rings. The molecule has 0 spiro atoms. The van der Waals surface area contributed by atoms with Crippen molar-refractivity contribution in [2.24, 2.45) is 5.92 Å². The minimum atomic E-state index is -3.03. The van der Waals surface area contributed by atoms with Gasteiger partial charge in [0, 0.05) is 61.3 Å². The number of nitrogens with zero attached hydrogens (tertiary/aromatic N) is 5. The Morgan fingerprint density at radius 3 is 2.64 bits per heavy atom. The number of ether oxygens (including phenoxy) is 1. The summed E-state index contributed by atoms with van der Waals surface area (Å²) < 4.78 is 44.3. The van der Waals surface area contributed by atoms with Gasteiger partial charge < -0.3 is 25.2 Å². The zero-order chi connectivity index (χ0) is 30.0. The van der Waals surface area contributed by atoms with E-state index in [2.05, 4.69) is 58.4 Å². The van der Waals surface area contributed by atoms with Crippen molar-refractivity contribution < 1.29 is 17.5 Å². The van der Waals surface area contributed by atoms with E-state index < -0.39 is 22.1 Å². The molecule has 2 aliphatic heterocycles. The van der Waals surface area contributed by atoms with Crippen LogP contribution in [-0.4, -0.2) is 93.5 Å². The van der Waals surface area contributed by atoms with Gasteiger partial charge in [-0.25, -0.2) is 22.8 Å². The average molecular weight is 600 g/mol. The fourth-order valence-electron chi connectivity index (χ4n) is 5.92. The first-order valence-corrected chi connectivity index (χ1v) is 16.7. The summed E-state index contributed by atoms with van der Waals surface area (Å²) in [5.74, 6) is 2.32. The number of rotatable bonds is 11. The van der Waals surface area contributed by atoms with Crippen molar-refractivity contribution >= 4 is 43.9 Å². The van der Waals surface area contributed by atoms with Crippen molar-refractivity contribution in [2.45, 2.75) is 51.4 Å². The van der Waals surface area contributed by atoms with E-state index >= 15 is 0 Å². The molecule has 0 saturated carbocycles. The number of fused-ring (bicyclic) bond motifs is 1. The highest BCUT2D eigenvalue weighted by Crippen LogP contribution is 2.39. The van der Waals surface area contributed by atoms with Crippen LogP contribution in [-0.2, 0) is 14.6 Å². The predicted molar refractivity (Wildman–Crippen MR) is 167 cm³/mol. The highest BCUT2D eigenvalue weighted by molar-refractivity contribution is 7.90. The number of hydrogen-bond acceptors (Lipinski definition) is 10. The Kier molecular flexibility index (Phi) is 9.14. The zero-order valence-corrected chi connectivity index (χ0v) is 25.9. The number of alkyl halides is 1. The van der Waals surface area contributed by atoms with Gasteiger partial charge in [-0.2, -0.15) is 4.98 Å². The van der Waals surface area contributed by atoms with Crippen molar-refractivity contribution in [3.8, 4) is 0 Å². The molecule has 0 radical (unpaired) electrons. The molecule has 10 nitrogen and oxygen atoms in total. The number of halogens is 1. The number of pyridine rings is 1. The number of benzene rings is 1. The molecule has 0 aliphatic carbocycles. The lowest BCUT2D eigenvalue weighted by Crippen LogP contribution is -2.57. The second-order valence-electron chi connectivity index (χ2n) is 11.8. The Bertz CT molecular complexity index is 1510. The molecule has 2 aliphatic rings. The largest absolute Gasteiger partial charge is 0.374 e. The average Bonchev–Trinajstić information content (AvgIpc) is 2.95. The molecule has 4 heterocycles. The van der Waals surface area contributed by atoms with Crippen molar-refractivity contribution in [2.75, 3.05) is 67.0 Å². The number of hydrogen-bond donors (Lipinski definition) is 2. The molecule has 2 fully saturated rings. The quantitative estimate of drug-likeness (QED) is 0.315. The van der Waals surface area contributed by atoms with Crippen LogP contribution in [0.5, 0.6) is 0 Å². The molecule has 12 heteroatoms. The molecule has 5 rings (SSSR count). The van der Waals surface area contributed by atoms with Gasteiger partial charge in [0.15, 0.2) is 0 Å². The number of piperidine rings is 1. The minimum absolute atomic E-state index is 0.116. The van der Waals surface area contributed by atoms with Gasteiger partial charge in [-0.1, -0.05) is 19.9 Å². The Morgan fingerprint density at radius 1 is 1.14 bits per heavy atom. The lowest BCUT2D eigenvalue weighted by molar-refractivity contribution is -0.0109. The predicted octanol–water partition coefficient (Wildman–Crippen LogP) is 3.91. The van der Waals surface area contributed by atoms with Crippen LogP contribution in [0.3, 0.4) is 0 Å². The number of sulfone groups is 1. The van der Waals surface area contributed by atoms with Gasteiger partial charge in [-0.05, 0) is 55.5 Å². The highest BCUT2D eigenvalue weighted by atomic mass is 32.2. The molecular weight excluding hydrogens is 557 g/mol. The molecule has 0 bridgehead atoms. The lowest BCUT2D eigenvalue weighted by Gasteiger charge is -2.48. The van der Waals surface area contributed by atoms with E-state index in [1.807, 2.05) is 24.2 Å². The van der Waals surface area contributed by atoms with Gasteiger partial charge >= 0.3 is 0 Å². The molecule has 2 saturated heterocycles. The van der Waals surface area contributed by atoms with E-state index in [9.17, 15) is 12.8 Å². The van der Waals surface area contributed by atoms with Crippen LogP contribution in [0, 0.1) is 5.92 Å². The summed E-state index contributed by atoms with van der Waals surface area (Å²) in [6.07, 6.45) is 3.90. The molecular formula is C30H42FN7O3S. The lowest BCUT2D eigenvalue weighted by atomic mass is 9.88. The summed E-state index contributed by atoms with van der Waals surface area (Å²) in [4.78, 5) is 17.9. The normalized spacial score (nSPS) is 22.9. The molecule has 4 atom stereocenters. The van der Waals surface area contributed by atoms with Crippen molar-refractivity contribution in [1.82, 2.24) is 20.3 Å². The second-order valence-corrected chi connectivity index (χ2v) is 14.0. The first kappa shape index (κ1) is 30.4. The SMILES string of the molecule is CNCCO[C@@H]1CCN(c2nccc(Nc3cc4c(C(C)C)ccc(N5C[C@H](CS(C)(=O)=O)[C@H]5C)c4cn3)n2)C[C@@H]1F. The second kappa shape index (κ2) is 12.6. The maximum Gasteiger partial charge on any atom is 0.227 e. The van der Waals surface area contributed by atoms with Gasteiger partial charge in [0.25, 0.3) is 0 Å². The van der Waals surface area contributed by atoms with E-state index in [4.69, 9.17) is 9.72 Å². The third kappa shape index (κ3) is 6.76. The van der Waals surface area contributed by atoms with Gasteiger partial charge in [0.05, 0.1) is 25.0 Å². The first-order valence-electron chi connectivity index (χ1n) is 14.7. The Balaban J connectivity index is 1.33. The van der Waals surface area contributed by atoms with Crippen LogP contribution < -0.4 is 20.4 Å². The summed E-state index contributed by atoms with van der Waals surface area (Å²) in [7, 11) is -1.18. The fourth-order valence-corrected chi connectivity index (χ4v) is 7.08. The topological polar surface area (TPSA) is 113 Å². The number of anilines is 4. The van der Waals surface area contributed by atoms with Crippen LogP contribution in [0.25, 0.3) is 10.8 Å². The van der Waals surface area contributed by atoms with Gasteiger partial charge in [-0.3, -0.25) is 0 Å². The molecule has 2 aromatic heterocycles. The molecule has 1 aromatic carbocycles. The van der Waals surface area contributed by atoms with Crippen LogP contribution in [0.4, 0.5) is 27.7 Å². The van der Waals surface area contributed by atoms with E-state index in [0.717, 1.165) is 16.5 Å². The monoisotopic (exact) mass is 599 g/mol. The summed E-state index contributed by atoms with van der Waals surface area (Å²) in [5, 5.41) is 8.46. The summed E-state index contributed by atoms with van der Waals surface area (Å²) in [6, 6.07) is 8.23. The fraction of sp³-hybridized carbons (Fsp3) is 0.567. The maximum atomic E-state index is 14.8. The van der Waals surface area contributed by atoms with Crippen molar-refractivity contribution in [3.63, 3.8) is 0 Å². The third-order valence-corrected chi connectivity index (χ3v) is 9.35. The number of aromatic nitrogens is 3. The smallest absolute Gasteiger partial charge is 0.227 e. The van der Waals surface area contributed by atoms with Crippen LogP contribution in [0.15, 0.2) is 36.7 Å². The summed E-state index contributed by atoms with van der Waals surface area (Å²) in [6.45, 7) is 9.09. The zero-order valence-electron chi connectivity index (χ0n) is 25.0. The Labute approximate surface area is 248 Å². The van der Waals surface area contributed by atoms with Crippen LogP contribution in [0.2, 0.25) is 0 Å².